The molecule has 1 aliphatic carbocycles. The molecule has 2 aliphatic rings. The number of halogens is 2. The van der Waals surface area contributed by atoms with Crippen LogP contribution in [-0.2, 0) is 9.59 Å². The molecule has 1 heterocycles. The van der Waals surface area contributed by atoms with Crippen molar-refractivity contribution in [3.8, 4) is 0 Å². The molecule has 0 spiro atoms. The fourth-order valence-electron chi connectivity index (χ4n) is 3.45. The molecule has 4 N–H and O–H groups in total. The summed E-state index contributed by atoms with van der Waals surface area (Å²) in [7, 11) is 0. The zero-order valence-electron chi connectivity index (χ0n) is 13.4. The van der Waals surface area contributed by atoms with E-state index in [0.29, 0.717) is 12.5 Å². The van der Waals surface area contributed by atoms with Crippen molar-refractivity contribution in [2.45, 2.75) is 57.0 Å². The topological polar surface area (TPSA) is 95.7 Å². The summed E-state index contributed by atoms with van der Waals surface area (Å²) in [4.78, 5) is 24.8. The Morgan fingerprint density at radius 3 is 2.22 bits per heavy atom. The highest BCUT2D eigenvalue weighted by Crippen LogP contribution is 2.27. The molecule has 0 aromatic carbocycles. The lowest BCUT2D eigenvalue weighted by Gasteiger charge is -2.36. The summed E-state index contributed by atoms with van der Waals surface area (Å²) in [5, 5.41) is 11.4. The average Bonchev–Trinajstić information content (AvgIpc) is 2.98. The third kappa shape index (κ3) is 7.25. The normalized spacial score (nSPS) is 21.1. The molecule has 2 fully saturated rings. The third-order valence-electron chi connectivity index (χ3n) is 4.79. The second-order valence-corrected chi connectivity index (χ2v) is 6.37. The second-order valence-electron chi connectivity index (χ2n) is 6.37. The van der Waals surface area contributed by atoms with Gasteiger partial charge in [0.05, 0.1) is 12.5 Å². The van der Waals surface area contributed by atoms with Crippen LogP contribution in [0, 0.1) is 5.92 Å². The molecular formula is C15H29Cl2N3O3. The average molecular weight is 370 g/mol. The van der Waals surface area contributed by atoms with Gasteiger partial charge in [-0.3, -0.25) is 9.59 Å². The van der Waals surface area contributed by atoms with Crippen molar-refractivity contribution in [2.24, 2.45) is 11.7 Å². The predicted molar refractivity (Wildman–Crippen MR) is 94.3 cm³/mol. The van der Waals surface area contributed by atoms with Crippen molar-refractivity contribution in [1.82, 2.24) is 10.2 Å². The number of nitrogens with one attached hydrogen (secondary N) is 1. The minimum atomic E-state index is -1.04. The van der Waals surface area contributed by atoms with Gasteiger partial charge in [0.1, 0.15) is 0 Å². The maximum atomic E-state index is 11.7. The van der Waals surface area contributed by atoms with Crippen molar-refractivity contribution in [2.75, 3.05) is 19.6 Å². The summed E-state index contributed by atoms with van der Waals surface area (Å²) in [5.41, 5.74) is 5.54. The second kappa shape index (κ2) is 11.1. The van der Waals surface area contributed by atoms with E-state index in [9.17, 15) is 9.59 Å². The van der Waals surface area contributed by atoms with Crippen LogP contribution < -0.4 is 11.1 Å². The Hall–Kier alpha value is -0.560. The van der Waals surface area contributed by atoms with Crippen LogP contribution >= 0.6 is 24.8 Å². The zero-order chi connectivity index (χ0) is 15.2. The van der Waals surface area contributed by atoms with E-state index in [4.69, 9.17) is 10.8 Å². The van der Waals surface area contributed by atoms with E-state index < -0.39 is 12.0 Å². The number of likely N-dealkylation sites (tertiary alicyclic amines) is 1. The third-order valence-corrected chi connectivity index (χ3v) is 4.79. The van der Waals surface area contributed by atoms with Crippen LogP contribution in [0.25, 0.3) is 0 Å². The SMILES string of the molecule is Cl.Cl.N[C@@H](CC(=O)O)C(=O)NCC1CCN(C2CCCC2)CC1. The standard InChI is InChI=1S/C15H27N3O3.2ClH/c16-13(9-14(19)20)15(21)17-10-11-5-7-18(8-6-11)12-3-1-2-4-12;;/h11-13H,1-10,16H2,(H,17,21)(H,19,20);2*1H/t13-;;/m0../s1. The molecule has 0 bridgehead atoms. The highest BCUT2D eigenvalue weighted by molar-refractivity contribution is 5.86. The van der Waals surface area contributed by atoms with Gasteiger partial charge >= 0.3 is 5.97 Å². The van der Waals surface area contributed by atoms with E-state index in [1.807, 2.05) is 0 Å². The molecule has 1 amide bonds. The molecule has 23 heavy (non-hydrogen) atoms. The van der Waals surface area contributed by atoms with Crippen molar-refractivity contribution in [3.63, 3.8) is 0 Å². The molecule has 6 nitrogen and oxygen atoms in total. The first-order chi connectivity index (χ1) is 10.1. The van der Waals surface area contributed by atoms with E-state index in [1.165, 1.54) is 25.7 Å². The lowest BCUT2D eigenvalue weighted by atomic mass is 9.95. The number of carbonyl (C=O) groups is 2. The summed E-state index contributed by atoms with van der Waals surface area (Å²) in [6.07, 6.45) is 7.29. The Balaban J connectivity index is 0.00000242. The number of hydrogen-bond donors (Lipinski definition) is 3. The van der Waals surface area contributed by atoms with Crippen LogP contribution in [0.5, 0.6) is 0 Å². The molecule has 0 radical (unpaired) electrons. The van der Waals surface area contributed by atoms with Gasteiger partial charge in [-0.05, 0) is 44.7 Å². The zero-order valence-corrected chi connectivity index (χ0v) is 15.0. The van der Waals surface area contributed by atoms with Crippen LogP contribution in [0.2, 0.25) is 0 Å². The first-order valence-electron chi connectivity index (χ1n) is 8.05. The van der Waals surface area contributed by atoms with Gasteiger partial charge in [0.15, 0.2) is 0 Å². The molecule has 1 aliphatic heterocycles. The first-order valence-corrected chi connectivity index (χ1v) is 8.05. The summed E-state index contributed by atoms with van der Waals surface area (Å²) in [6, 6.07) is -0.161. The Bertz CT molecular complexity index is 371. The van der Waals surface area contributed by atoms with Crippen molar-refractivity contribution < 1.29 is 14.7 Å². The summed E-state index contributed by atoms with van der Waals surface area (Å²) in [5.74, 6) is -0.901. The van der Waals surface area contributed by atoms with Gasteiger partial charge in [0, 0.05) is 12.6 Å². The Kier molecular flexibility index (Phi) is 10.8. The molecule has 1 atom stereocenters. The van der Waals surface area contributed by atoms with Crippen molar-refractivity contribution >= 4 is 36.7 Å². The number of hydrogen-bond acceptors (Lipinski definition) is 4. The molecule has 1 saturated heterocycles. The number of nitrogens with two attached hydrogens (primary N) is 1. The number of piperidine rings is 1. The van der Waals surface area contributed by atoms with Gasteiger partial charge < -0.3 is 21.1 Å². The monoisotopic (exact) mass is 369 g/mol. The molecule has 2 rings (SSSR count). The van der Waals surface area contributed by atoms with Crippen LogP contribution in [0.15, 0.2) is 0 Å². The highest BCUT2D eigenvalue weighted by atomic mass is 35.5. The largest absolute Gasteiger partial charge is 0.481 e. The predicted octanol–water partition coefficient (Wildman–Crippen LogP) is 1.40. The van der Waals surface area contributed by atoms with Gasteiger partial charge in [0.25, 0.3) is 0 Å². The highest BCUT2D eigenvalue weighted by Gasteiger charge is 2.27. The van der Waals surface area contributed by atoms with E-state index in [-0.39, 0.29) is 37.1 Å². The summed E-state index contributed by atoms with van der Waals surface area (Å²) < 4.78 is 0. The lowest BCUT2D eigenvalue weighted by Crippen LogP contribution is -2.46. The minimum Gasteiger partial charge on any atom is -0.481 e. The smallest absolute Gasteiger partial charge is 0.305 e. The van der Waals surface area contributed by atoms with Gasteiger partial charge in [-0.25, -0.2) is 0 Å². The van der Waals surface area contributed by atoms with Gasteiger partial charge in [0.2, 0.25) is 5.91 Å². The van der Waals surface area contributed by atoms with Crippen molar-refractivity contribution in [1.29, 1.82) is 0 Å². The number of nitrogens with zero attached hydrogens (tertiary/aromatic N) is 1. The van der Waals surface area contributed by atoms with Crippen LogP contribution in [0.3, 0.4) is 0 Å². The molecule has 0 unspecified atom stereocenters. The Morgan fingerprint density at radius 2 is 1.70 bits per heavy atom. The van der Waals surface area contributed by atoms with E-state index >= 15 is 0 Å². The Morgan fingerprint density at radius 1 is 1.13 bits per heavy atom. The number of rotatable bonds is 6. The van der Waals surface area contributed by atoms with Crippen LogP contribution in [0.4, 0.5) is 0 Å². The van der Waals surface area contributed by atoms with E-state index in [1.54, 1.807) is 0 Å². The summed E-state index contributed by atoms with van der Waals surface area (Å²) >= 11 is 0. The molecule has 1 saturated carbocycles. The molecular weight excluding hydrogens is 341 g/mol. The first kappa shape index (κ1) is 22.4. The maximum Gasteiger partial charge on any atom is 0.305 e. The minimum absolute atomic E-state index is 0. The van der Waals surface area contributed by atoms with Crippen LogP contribution in [-0.4, -0.2) is 53.6 Å². The van der Waals surface area contributed by atoms with Crippen molar-refractivity contribution in [3.05, 3.63) is 0 Å². The number of amides is 1. The Labute approximate surface area is 150 Å². The number of aliphatic carboxylic acids is 1. The maximum absolute atomic E-state index is 11.7. The lowest BCUT2D eigenvalue weighted by molar-refractivity contribution is -0.139. The molecule has 0 aromatic rings. The molecule has 0 aromatic heterocycles. The molecule has 8 heteroatoms. The van der Waals surface area contributed by atoms with E-state index in [0.717, 1.165) is 32.0 Å². The van der Waals surface area contributed by atoms with Crippen LogP contribution in [0.1, 0.15) is 44.9 Å². The van der Waals surface area contributed by atoms with Gasteiger partial charge in [-0.15, -0.1) is 24.8 Å². The van der Waals surface area contributed by atoms with Gasteiger partial charge in [-0.1, -0.05) is 12.8 Å². The number of carboxylic acid groups (broad SMARTS) is 1. The van der Waals surface area contributed by atoms with Gasteiger partial charge in [-0.2, -0.15) is 0 Å². The number of carbonyl (C=O) groups excluding carboxylic acids is 1. The fourth-order valence-corrected chi connectivity index (χ4v) is 3.45. The van der Waals surface area contributed by atoms with E-state index in [2.05, 4.69) is 10.2 Å². The quantitative estimate of drug-likeness (QED) is 0.657. The molecule has 136 valence electrons. The number of carboxylic acids is 1. The fraction of sp³-hybridized carbons (Fsp3) is 0.867. The summed E-state index contributed by atoms with van der Waals surface area (Å²) in [6.45, 7) is 2.85.